The van der Waals surface area contributed by atoms with E-state index >= 15 is 0 Å². The second-order valence-corrected chi connectivity index (χ2v) is 5.33. The number of anilines is 1. The summed E-state index contributed by atoms with van der Waals surface area (Å²) in [5, 5.41) is 12.2. The molecule has 0 radical (unpaired) electrons. The van der Waals surface area contributed by atoms with Crippen LogP contribution in [0, 0.1) is 5.41 Å². The van der Waals surface area contributed by atoms with E-state index in [1.54, 1.807) is 6.92 Å². The van der Waals surface area contributed by atoms with Crippen molar-refractivity contribution in [3.8, 4) is 0 Å². The van der Waals surface area contributed by atoms with Crippen LogP contribution in [0.5, 0.6) is 0 Å². The Morgan fingerprint density at radius 2 is 2.26 bits per heavy atom. The Hall–Kier alpha value is -1.56. The Kier molecular flexibility index (Phi) is 5.35. The number of ether oxygens (including phenoxy) is 1. The molecule has 2 N–H and O–H groups in total. The van der Waals surface area contributed by atoms with Gasteiger partial charge in [0, 0.05) is 12.6 Å². The van der Waals surface area contributed by atoms with E-state index in [-0.39, 0.29) is 29.8 Å². The molecule has 0 aliphatic rings. The average Bonchev–Trinajstić information content (AvgIpc) is 2.76. The van der Waals surface area contributed by atoms with Gasteiger partial charge in [-0.2, -0.15) is 4.98 Å². The molecule has 108 valence electrons. The van der Waals surface area contributed by atoms with E-state index < -0.39 is 5.97 Å². The van der Waals surface area contributed by atoms with Gasteiger partial charge in [0.05, 0.1) is 6.61 Å². The minimum Gasteiger partial charge on any atom is -0.461 e. The predicted molar refractivity (Wildman–Crippen MR) is 71.0 cm³/mol. The van der Waals surface area contributed by atoms with Crippen molar-refractivity contribution in [2.45, 2.75) is 40.2 Å². The van der Waals surface area contributed by atoms with Gasteiger partial charge >= 0.3 is 5.97 Å². The number of aliphatic hydroxyl groups excluding tert-OH is 1. The maximum absolute atomic E-state index is 11.5. The summed E-state index contributed by atoms with van der Waals surface area (Å²) in [5.74, 6) is -0.506. The Balaban J connectivity index is 2.73. The summed E-state index contributed by atoms with van der Waals surface area (Å²) in [4.78, 5) is 15.5. The standard InChI is InChI=1S/C13H22N2O4/c1-5-18-11(17)9-8-19-12(14-9)15-10(6-7-16)13(2,3)4/h8,10,16H,5-7H2,1-4H3,(H,14,15). The SMILES string of the molecule is CCOC(=O)c1coc(NC(CCO)C(C)(C)C)n1. The molecule has 0 saturated carbocycles. The van der Waals surface area contributed by atoms with Gasteiger partial charge in [-0.15, -0.1) is 0 Å². The van der Waals surface area contributed by atoms with E-state index in [0.29, 0.717) is 13.0 Å². The van der Waals surface area contributed by atoms with Gasteiger partial charge in [0.1, 0.15) is 6.26 Å². The number of aliphatic hydroxyl groups is 1. The first-order valence-electron chi connectivity index (χ1n) is 6.38. The molecular formula is C13H22N2O4. The highest BCUT2D eigenvalue weighted by molar-refractivity contribution is 5.87. The second-order valence-electron chi connectivity index (χ2n) is 5.33. The summed E-state index contributed by atoms with van der Waals surface area (Å²) in [6.45, 7) is 8.25. The zero-order valence-corrected chi connectivity index (χ0v) is 11.9. The highest BCUT2D eigenvalue weighted by Gasteiger charge is 2.26. The lowest BCUT2D eigenvalue weighted by atomic mass is 9.85. The maximum Gasteiger partial charge on any atom is 0.360 e. The zero-order valence-electron chi connectivity index (χ0n) is 11.9. The van der Waals surface area contributed by atoms with Crippen LogP contribution in [0.25, 0.3) is 0 Å². The van der Waals surface area contributed by atoms with Crippen LogP contribution in [0.4, 0.5) is 6.01 Å². The predicted octanol–water partition coefficient (Wildman–Crippen LogP) is 2.06. The Morgan fingerprint density at radius 1 is 1.58 bits per heavy atom. The number of oxazole rings is 1. The Bertz CT molecular complexity index is 409. The van der Waals surface area contributed by atoms with Crippen molar-refractivity contribution in [1.29, 1.82) is 0 Å². The first kappa shape index (κ1) is 15.5. The molecule has 1 unspecified atom stereocenters. The fourth-order valence-corrected chi connectivity index (χ4v) is 1.64. The molecule has 0 spiro atoms. The van der Waals surface area contributed by atoms with Crippen LogP contribution in [-0.4, -0.2) is 35.3 Å². The summed E-state index contributed by atoms with van der Waals surface area (Å²) in [6.07, 6.45) is 1.83. The van der Waals surface area contributed by atoms with E-state index in [4.69, 9.17) is 14.3 Å². The number of aromatic nitrogens is 1. The minimum atomic E-state index is -0.506. The molecule has 0 bridgehead atoms. The molecular weight excluding hydrogens is 248 g/mol. The van der Waals surface area contributed by atoms with Gasteiger partial charge in [-0.05, 0) is 18.8 Å². The molecule has 0 saturated heterocycles. The van der Waals surface area contributed by atoms with Crippen molar-refractivity contribution in [1.82, 2.24) is 4.98 Å². The van der Waals surface area contributed by atoms with Crippen LogP contribution < -0.4 is 5.32 Å². The van der Waals surface area contributed by atoms with Gasteiger partial charge in [-0.3, -0.25) is 0 Å². The van der Waals surface area contributed by atoms with Gasteiger partial charge in [0.25, 0.3) is 6.01 Å². The molecule has 1 aromatic heterocycles. The monoisotopic (exact) mass is 270 g/mol. The lowest BCUT2D eigenvalue weighted by Gasteiger charge is -2.30. The molecule has 6 nitrogen and oxygen atoms in total. The number of nitrogens with one attached hydrogen (secondary N) is 1. The first-order chi connectivity index (χ1) is 8.88. The van der Waals surface area contributed by atoms with E-state index in [1.807, 2.05) is 0 Å². The quantitative estimate of drug-likeness (QED) is 0.770. The molecule has 1 rings (SSSR count). The largest absolute Gasteiger partial charge is 0.461 e. The molecule has 6 heteroatoms. The van der Waals surface area contributed by atoms with Gasteiger partial charge < -0.3 is 19.6 Å². The number of rotatable bonds is 6. The van der Waals surface area contributed by atoms with Crippen LogP contribution in [0.2, 0.25) is 0 Å². The number of esters is 1. The zero-order chi connectivity index (χ0) is 14.5. The van der Waals surface area contributed by atoms with Gasteiger partial charge in [0.15, 0.2) is 5.69 Å². The lowest BCUT2D eigenvalue weighted by molar-refractivity contribution is 0.0519. The van der Waals surface area contributed by atoms with Gasteiger partial charge in [0.2, 0.25) is 0 Å². The molecule has 0 amide bonds. The Labute approximate surface area is 113 Å². The molecule has 0 aliphatic heterocycles. The second kappa shape index (κ2) is 6.56. The summed E-state index contributed by atoms with van der Waals surface area (Å²) in [5.41, 5.74) is 0.0717. The normalized spacial score (nSPS) is 13.1. The summed E-state index contributed by atoms with van der Waals surface area (Å²) in [6, 6.07) is 0.252. The molecule has 1 aromatic rings. The highest BCUT2D eigenvalue weighted by atomic mass is 16.5. The summed E-state index contributed by atoms with van der Waals surface area (Å²) in [7, 11) is 0. The number of hydrogen-bond acceptors (Lipinski definition) is 6. The van der Waals surface area contributed by atoms with E-state index in [1.165, 1.54) is 6.26 Å². The Morgan fingerprint density at radius 3 is 2.79 bits per heavy atom. The number of hydrogen-bond donors (Lipinski definition) is 2. The molecule has 1 atom stereocenters. The van der Waals surface area contributed by atoms with Crippen LogP contribution in [0.1, 0.15) is 44.6 Å². The molecule has 0 aromatic carbocycles. The van der Waals surface area contributed by atoms with Crippen LogP contribution >= 0.6 is 0 Å². The van der Waals surface area contributed by atoms with Crippen molar-refractivity contribution < 1.29 is 19.1 Å². The minimum absolute atomic E-state index is 0.00815. The topological polar surface area (TPSA) is 84.6 Å². The van der Waals surface area contributed by atoms with E-state index in [9.17, 15) is 4.79 Å². The van der Waals surface area contributed by atoms with Crippen LogP contribution in [0.15, 0.2) is 10.7 Å². The van der Waals surface area contributed by atoms with E-state index in [0.717, 1.165) is 0 Å². The van der Waals surface area contributed by atoms with E-state index in [2.05, 4.69) is 31.1 Å². The third kappa shape index (κ3) is 4.55. The van der Waals surface area contributed by atoms with Crippen molar-refractivity contribution in [3.05, 3.63) is 12.0 Å². The summed E-state index contributed by atoms with van der Waals surface area (Å²) >= 11 is 0. The van der Waals surface area contributed by atoms with Crippen LogP contribution in [-0.2, 0) is 4.74 Å². The third-order valence-electron chi connectivity index (χ3n) is 2.75. The number of carbonyl (C=O) groups is 1. The summed E-state index contributed by atoms with van der Waals surface area (Å²) < 4.78 is 10.0. The number of carbonyl (C=O) groups excluding carboxylic acids is 1. The van der Waals surface area contributed by atoms with Gasteiger partial charge in [-0.1, -0.05) is 20.8 Å². The maximum atomic E-state index is 11.5. The van der Waals surface area contributed by atoms with Crippen molar-refractivity contribution in [2.24, 2.45) is 5.41 Å². The first-order valence-corrected chi connectivity index (χ1v) is 6.38. The number of nitrogens with zero attached hydrogens (tertiary/aromatic N) is 1. The lowest BCUT2D eigenvalue weighted by Crippen LogP contribution is -2.35. The molecule has 0 aliphatic carbocycles. The average molecular weight is 270 g/mol. The fourth-order valence-electron chi connectivity index (χ4n) is 1.64. The molecule has 1 heterocycles. The highest BCUT2D eigenvalue weighted by Crippen LogP contribution is 2.25. The van der Waals surface area contributed by atoms with Crippen LogP contribution in [0.3, 0.4) is 0 Å². The van der Waals surface area contributed by atoms with Crippen molar-refractivity contribution >= 4 is 12.0 Å². The smallest absolute Gasteiger partial charge is 0.360 e. The van der Waals surface area contributed by atoms with Gasteiger partial charge in [-0.25, -0.2) is 4.79 Å². The molecule has 19 heavy (non-hydrogen) atoms. The molecule has 0 fully saturated rings. The van der Waals surface area contributed by atoms with Crippen molar-refractivity contribution in [3.63, 3.8) is 0 Å². The van der Waals surface area contributed by atoms with Crippen molar-refractivity contribution in [2.75, 3.05) is 18.5 Å². The fraction of sp³-hybridized carbons (Fsp3) is 0.692. The third-order valence-corrected chi connectivity index (χ3v) is 2.75.